The van der Waals surface area contributed by atoms with Gasteiger partial charge in [-0.3, -0.25) is 0 Å². The third-order valence-electron chi connectivity index (χ3n) is 3.13. The van der Waals surface area contributed by atoms with Crippen molar-refractivity contribution in [1.82, 2.24) is 5.32 Å². The van der Waals surface area contributed by atoms with Gasteiger partial charge in [0, 0.05) is 30.9 Å². The monoisotopic (exact) mass is 252 g/mol. The zero-order valence-corrected chi connectivity index (χ0v) is 12.0. The van der Waals surface area contributed by atoms with Crippen molar-refractivity contribution >= 4 is 5.69 Å². The lowest BCUT2D eigenvalue weighted by Crippen LogP contribution is -2.25. The molecule has 0 fully saturated rings. The maximum Gasteiger partial charge on any atom is 0.130 e. The molecular formula is C15H25FN2. The van der Waals surface area contributed by atoms with Crippen LogP contribution in [0.1, 0.15) is 45.2 Å². The summed E-state index contributed by atoms with van der Waals surface area (Å²) >= 11 is 0. The van der Waals surface area contributed by atoms with Crippen LogP contribution in [0.15, 0.2) is 18.2 Å². The van der Waals surface area contributed by atoms with Crippen LogP contribution in [0.4, 0.5) is 10.1 Å². The maximum atomic E-state index is 14.1. The summed E-state index contributed by atoms with van der Waals surface area (Å²) < 4.78 is 14.1. The van der Waals surface area contributed by atoms with Crippen molar-refractivity contribution < 1.29 is 4.39 Å². The second-order valence-corrected chi connectivity index (χ2v) is 4.77. The first-order valence-electron chi connectivity index (χ1n) is 6.84. The molecule has 0 saturated carbocycles. The molecule has 0 saturated heterocycles. The molecule has 0 aliphatic rings. The van der Waals surface area contributed by atoms with Crippen molar-refractivity contribution in [3.63, 3.8) is 0 Å². The molecule has 0 heterocycles. The summed E-state index contributed by atoms with van der Waals surface area (Å²) in [5.41, 5.74) is 1.77. The number of hydrogen-bond donors (Lipinski definition) is 1. The fourth-order valence-corrected chi connectivity index (χ4v) is 2.21. The summed E-state index contributed by atoms with van der Waals surface area (Å²) in [6, 6.07) is 5.37. The summed E-state index contributed by atoms with van der Waals surface area (Å²) in [7, 11) is 2.02. The highest BCUT2D eigenvalue weighted by molar-refractivity contribution is 5.55. The second kappa shape index (κ2) is 7.37. The van der Waals surface area contributed by atoms with Crippen molar-refractivity contribution in [2.24, 2.45) is 0 Å². The van der Waals surface area contributed by atoms with Crippen LogP contribution < -0.4 is 10.2 Å². The molecule has 0 aromatic heterocycles. The van der Waals surface area contributed by atoms with Gasteiger partial charge in [-0.15, -0.1) is 0 Å². The standard InChI is InChI=1S/C15H25FN2/c1-5-10-17-12(3)15-13(16)8-7-9-14(15)18(4)11-6-2/h7-9,12,17H,5-6,10-11H2,1-4H3. The molecule has 1 atom stereocenters. The zero-order chi connectivity index (χ0) is 13.5. The Bertz CT molecular complexity index is 366. The molecular weight excluding hydrogens is 227 g/mol. The van der Waals surface area contributed by atoms with Gasteiger partial charge in [-0.05, 0) is 38.4 Å². The molecule has 1 unspecified atom stereocenters. The first-order chi connectivity index (χ1) is 8.61. The zero-order valence-electron chi connectivity index (χ0n) is 12.0. The van der Waals surface area contributed by atoms with Gasteiger partial charge < -0.3 is 10.2 Å². The number of halogens is 1. The lowest BCUT2D eigenvalue weighted by molar-refractivity contribution is 0.527. The van der Waals surface area contributed by atoms with Gasteiger partial charge in [0.2, 0.25) is 0 Å². The van der Waals surface area contributed by atoms with E-state index in [0.717, 1.165) is 37.2 Å². The Morgan fingerprint density at radius 2 is 2.00 bits per heavy atom. The molecule has 0 amide bonds. The van der Waals surface area contributed by atoms with Crippen molar-refractivity contribution in [1.29, 1.82) is 0 Å². The van der Waals surface area contributed by atoms with Crippen LogP contribution in [-0.4, -0.2) is 20.1 Å². The smallest absolute Gasteiger partial charge is 0.130 e. The summed E-state index contributed by atoms with van der Waals surface area (Å²) in [6.45, 7) is 8.13. The SMILES string of the molecule is CCCNC(C)c1c(F)cccc1N(C)CCC. The Labute approximate surface area is 110 Å². The van der Waals surface area contributed by atoms with Gasteiger partial charge in [0.05, 0.1) is 0 Å². The van der Waals surface area contributed by atoms with Crippen LogP contribution in [-0.2, 0) is 0 Å². The van der Waals surface area contributed by atoms with Gasteiger partial charge in [-0.2, -0.15) is 0 Å². The second-order valence-electron chi connectivity index (χ2n) is 4.77. The van der Waals surface area contributed by atoms with Crippen molar-refractivity contribution in [3.05, 3.63) is 29.6 Å². The predicted molar refractivity (Wildman–Crippen MR) is 76.7 cm³/mol. The minimum Gasteiger partial charge on any atom is -0.374 e. The van der Waals surface area contributed by atoms with E-state index in [0.29, 0.717) is 0 Å². The van der Waals surface area contributed by atoms with Gasteiger partial charge >= 0.3 is 0 Å². The van der Waals surface area contributed by atoms with Crippen molar-refractivity contribution in [3.8, 4) is 0 Å². The first kappa shape index (κ1) is 15.0. The van der Waals surface area contributed by atoms with E-state index in [1.807, 2.05) is 20.0 Å². The molecule has 0 radical (unpaired) electrons. The van der Waals surface area contributed by atoms with Crippen LogP contribution in [0.5, 0.6) is 0 Å². The van der Waals surface area contributed by atoms with Gasteiger partial charge in [0.15, 0.2) is 0 Å². The van der Waals surface area contributed by atoms with Gasteiger partial charge in [-0.1, -0.05) is 19.9 Å². The molecule has 3 heteroatoms. The van der Waals surface area contributed by atoms with Crippen LogP contribution in [0, 0.1) is 5.82 Å². The Kier molecular flexibility index (Phi) is 6.13. The van der Waals surface area contributed by atoms with Gasteiger partial charge in [0.1, 0.15) is 5.82 Å². The largest absolute Gasteiger partial charge is 0.374 e. The summed E-state index contributed by atoms with van der Waals surface area (Å²) in [5.74, 6) is -0.119. The number of nitrogens with one attached hydrogen (secondary N) is 1. The highest BCUT2D eigenvalue weighted by Gasteiger charge is 2.17. The topological polar surface area (TPSA) is 15.3 Å². The Morgan fingerprint density at radius 3 is 2.61 bits per heavy atom. The molecule has 0 bridgehead atoms. The van der Waals surface area contributed by atoms with Crippen molar-refractivity contribution in [2.75, 3.05) is 25.0 Å². The molecule has 1 aromatic rings. The van der Waals surface area contributed by atoms with Gasteiger partial charge in [0.25, 0.3) is 0 Å². The van der Waals surface area contributed by atoms with Gasteiger partial charge in [-0.25, -0.2) is 4.39 Å². The van der Waals surface area contributed by atoms with E-state index in [-0.39, 0.29) is 11.9 Å². The van der Waals surface area contributed by atoms with E-state index in [9.17, 15) is 4.39 Å². The number of anilines is 1. The molecule has 2 nitrogen and oxygen atoms in total. The van der Waals surface area contributed by atoms with Crippen LogP contribution in [0.25, 0.3) is 0 Å². The van der Waals surface area contributed by atoms with Crippen LogP contribution in [0.3, 0.4) is 0 Å². The average Bonchev–Trinajstić information content (AvgIpc) is 2.35. The number of benzene rings is 1. The molecule has 1 aromatic carbocycles. The molecule has 1 rings (SSSR count). The summed E-state index contributed by atoms with van der Waals surface area (Å²) in [6.07, 6.45) is 2.11. The molecule has 102 valence electrons. The van der Waals surface area contributed by atoms with Crippen LogP contribution >= 0.6 is 0 Å². The quantitative estimate of drug-likeness (QED) is 0.795. The minimum absolute atomic E-state index is 0.0421. The van der Waals surface area contributed by atoms with Crippen molar-refractivity contribution in [2.45, 2.75) is 39.7 Å². The van der Waals surface area contributed by atoms with E-state index in [2.05, 4.69) is 24.1 Å². The molecule has 1 N–H and O–H groups in total. The van der Waals surface area contributed by atoms with E-state index in [1.165, 1.54) is 0 Å². The number of nitrogens with zero attached hydrogens (tertiary/aromatic N) is 1. The highest BCUT2D eigenvalue weighted by Crippen LogP contribution is 2.28. The van der Waals surface area contributed by atoms with E-state index in [1.54, 1.807) is 12.1 Å². The first-order valence-corrected chi connectivity index (χ1v) is 6.84. The van der Waals surface area contributed by atoms with E-state index < -0.39 is 0 Å². The average molecular weight is 252 g/mol. The predicted octanol–water partition coefficient (Wildman–Crippen LogP) is 3.73. The molecule has 0 aliphatic heterocycles. The Hall–Kier alpha value is -1.09. The normalized spacial score (nSPS) is 12.5. The minimum atomic E-state index is -0.119. The number of hydrogen-bond acceptors (Lipinski definition) is 2. The maximum absolute atomic E-state index is 14.1. The Balaban J connectivity index is 2.99. The third-order valence-corrected chi connectivity index (χ3v) is 3.13. The Morgan fingerprint density at radius 1 is 1.28 bits per heavy atom. The molecule has 18 heavy (non-hydrogen) atoms. The summed E-state index contributed by atoms with van der Waals surface area (Å²) in [4.78, 5) is 2.13. The summed E-state index contributed by atoms with van der Waals surface area (Å²) in [5, 5.41) is 3.36. The number of rotatable bonds is 7. The highest BCUT2D eigenvalue weighted by atomic mass is 19.1. The lowest BCUT2D eigenvalue weighted by Gasteiger charge is -2.25. The third kappa shape index (κ3) is 3.70. The fraction of sp³-hybridized carbons (Fsp3) is 0.600. The molecule has 0 spiro atoms. The molecule has 0 aliphatic carbocycles. The van der Waals surface area contributed by atoms with E-state index in [4.69, 9.17) is 0 Å². The fourth-order valence-electron chi connectivity index (χ4n) is 2.21. The van der Waals surface area contributed by atoms with E-state index >= 15 is 0 Å². The van der Waals surface area contributed by atoms with Crippen LogP contribution in [0.2, 0.25) is 0 Å². The lowest BCUT2D eigenvalue weighted by atomic mass is 10.0.